The molecule has 1 atom stereocenters. The molecule has 21 heavy (non-hydrogen) atoms. The second-order valence-electron chi connectivity index (χ2n) is 5.40. The van der Waals surface area contributed by atoms with Crippen LogP contribution < -0.4 is 10.1 Å². The Labute approximate surface area is 125 Å². The van der Waals surface area contributed by atoms with E-state index in [1.54, 1.807) is 7.11 Å². The molecule has 2 aromatic carbocycles. The van der Waals surface area contributed by atoms with Crippen molar-refractivity contribution in [2.75, 3.05) is 19.0 Å². The average Bonchev–Trinajstić information content (AvgIpc) is 2.71. The number of aryl methyl sites for hydroxylation is 1. The lowest BCUT2D eigenvalue weighted by atomic mass is 10.1. The van der Waals surface area contributed by atoms with Gasteiger partial charge in [0.05, 0.1) is 13.2 Å². The third-order valence-corrected chi connectivity index (χ3v) is 3.79. The van der Waals surface area contributed by atoms with E-state index in [1.165, 1.54) is 11.3 Å². The molecule has 1 aliphatic rings. The van der Waals surface area contributed by atoms with Crippen LogP contribution in [-0.2, 0) is 17.8 Å². The van der Waals surface area contributed by atoms with Gasteiger partial charge in [0.15, 0.2) is 0 Å². The van der Waals surface area contributed by atoms with E-state index in [0.29, 0.717) is 6.61 Å². The molecule has 1 N–H and O–H groups in total. The van der Waals surface area contributed by atoms with Crippen LogP contribution in [0.3, 0.4) is 0 Å². The Morgan fingerprint density at radius 3 is 2.95 bits per heavy atom. The predicted octanol–water partition coefficient (Wildman–Crippen LogP) is 3.64. The molecule has 0 bridgehead atoms. The van der Waals surface area contributed by atoms with Crippen LogP contribution in [-0.4, -0.2) is 19.8 Å². The lowest BCUT2D eigenvalue weighted by Gasteiger charge is -2.18. The summed E-state index contributed by atoms with van der Waals surface area (Å²) in [7, 11) is 1.71. The molecule has 0 spiro atoms. The first-order chi connectivity index (χ1) is 10.3. The number of rotatable bonds is 4. The Hall–Kier alpha value is -2.00. The van der Waals surface area contributed by atoms with Crippen LogP contribution in [0.4, 0.5) is 5.69 Å². The van der Waals surface area contributed by atoms with Gasteiger partial charge in [0.1, 0.15) is 11.9 Å². The number of fused-ring (bicyclic) bond motifs is 1. The minimum absolute atomic E-state index is 0.190. The van der Waals surface area contributed by atoms with Crippen LogP contribution in [0, 0.1) is 0 Å². The Bertz CT molecular complexity index is 570. The highest BCUT2D eigenvalue weighted by molar-refractivity contribution is 5.52. The van der Waals surface area contributed by atoms with Gasteiger partial charge in [0.25, 0.3) is 0 Å². The molecule has 1 heterocycles. The van der Waals surface area contributed by atoms with Crippen molar-refractivity contribution in [1.82, 2.24) is 0 Å². The highest BCUT2D eigenvalue weighted by Gasteiger charge is 2.16. The van der Waals surface area contributed by atoms with Crippen molar-refractivity contribution in [2.45, 2.75) is 25.6 Å². The summed E-state index contributed by atoms with van der Waals surface area (Å²) in [5, 5.41) is 3.49. The maximum Gasteiger partial charge on any atom is 0.120 e. The quantitative estimate of drug-likeness (QED) is 0.929. The molecule has 3 nitrogen and oxygen atoms in total. The van der Waals surface area contributed by atoms with Gasteiger partial charge in [0.2, 0.25) is 0 Å². The van der Waals surface area contributed by atoms with E-state index < -0.39 is 0 Å². The minimum Gasteiger partial charge on any atom is -0.489 e. The second-order valence-corrected chi connectivity index (χ2v) is 5.40. The molecule has 110 valence electrons. The Morgan fingerprint density at radius 1 is 1.14 bits per heavy atom. The summed E-state index contributed by atoms with van der Waals surface area (Å²) in [6.07, 6.45) is 2.26. The smallest absolute Gasteiger partial charge is 0.120 e. The fraction of sp³-hybridized carbons (Fsp3) is 0.333. The first kappa shape index (κ1) is 14.0. The first-order valence-electron chi connectivity index (χ1n) is 7.41. The summed E-state index contributed by atoms with van der Waals surface area (Å²) in [5.74, 6) is 0.919. The van der Waals surface area contributed by atoms with Crippen molar-refractivity contribution < 1.29 is 9.47 Å². The average molecular weight is 283 g/mol. The zero-order valence-electron chi connectivity index (χ0n) is 12.3. The van der Waals surface area contributed by atoms with Crippen LogP contribution in [0.5, 0.6) is 5.75 Å². The van der Waals surface area contributed by atoms with Gasteiger partial charge in [-0.2, -0.15) is 0 Å². The molecule has 0 amide bonds. The number of benzene rings is 2. The van der Waals surface area contributed by atoms with Crippen LogP contribution in [0.2, 0.25) is 0 Å². The molecule has 0 aliphatic carbocycles. The highest BCUT2D eigenvalue weighted by Crippen LogP contribution is 2.23. The van der Waals surface area contributed by atoms with Crippen LogP contribution in [0.1, 0.15) is 17.5 Å². The van der Waals surface area contributed by atoms with Gasteiger partial charge in [-0.05, 0) is 42.2 Å². The van der Waals surface area contributed by atoms with Crippen molar-refractivity contribution >= 4 is 5.69 Å². The monoisotopic (exact) mass is 283 g/mol. The molecular weight excluding hydrogens is 262 g/mol. The lowest BCUT2D eigenvalue weighted by Crippen LogP contribution is -2.24. The summed E-state index contributed by atoms with van der Waals surface area (Å²) < 4.78 is 11.3. The van der Waals surface area contributed by atoms with Crippen molar-refractivity contribution in [2.24, 2.45) is 0 Å². The number of hydrogen-bond acceptors (Lipinski definition) is 3. The summed E-state index contributed by atoms with van der Waals surface area (Å²) in [5.41, 5.74) is 3.74. The molecule has 3 heteroatoms. The minimum atomic E-state index is 0.190. The molecular formula is C18H21NO2. The molecule has 1 aliphatic heterocycles. The first-order valence-corrected chi connectivity index (χ1v) is 7.41. The van der Waals surface area contributed by atoms with E-state index in [4.69, 9.17) is 9.47 Å². The van der Waals surface area contributed by atoms with Crippen molar-refractivity contribution in [3.05, 3.63) is 59.7 Å². The Kier molecular flexibility index (Phi) is 4.41. The van der Waals surface area contributed by atoms with Crippen molar-refractivity contribution in [1.29, 1.82) is 0 Å². The molecule has 0 fully saturated rings. The lowest BCUT2D eigenvalue weighted by molar-refractivity contribution is 0.182. The molecule has 0 aromatic heterocycles. The van der Waals surface area contributed by atoms with E-state index >= 15 is 0 Å². The van der Waals surface area contributed by atoms with Crippen LogP contribution in [0.25, 0.3) is 0 Å². The fourth-order valence-electron chi connectivity index (χ4n) is 2.72. The number of anilines is 1. The third-order valence-electron chi connectivity index (χ3n) is 3.79. The largest absolute Gasteiger partial charge is 0.489 e. The highest BCUT2D eigenvalue weighted by atomic mass is 16.5. The van der Waals surface area contributed by atoms with Crippen molar-refractivity contribution in [3.63, 3.8) is 0 Å². The summed E-state index contributed by atoms with van der Waals surface area (Å²) in [4.78, 5) is 0. The number of para-hydroxylation sites is 1. The maximum atomic E-state index is 6.14. The molecule has 0 saturated heterocycles. The molecule has 3 rings (SSSR count). The third kappa shape index (κ3) is 3.56. The maximum absolute atomic E-state index is 6.14. The number of ether oxygens (including phenoxy) is 2. The number of nitrogens with one attached hydrogen (secondary N) is 1. The van der Waals surface area contributed by atoms with Gasteiger partial charge in [-0.15, -0.1) is 0 Å². The molecule has 2 aromatic rings. The van der Waals surface area contributed by atoms with E-state index in [2.05, 4.69) is 41.7 Å². The number of methoxy groups -OCH3 is 1. The zero-order valence-corrected chi connectivity index (χ0v) is 12.3. The second kappa shape index (κ2) is 6.64. The molecule has 0 saturated carbocycles. The van der Waals surface area contributed by atoms with Gasteiger partial charge in [-0.3, -0.25) is 0 Å². The van der Waals surface area contributed by atoms with Gasteiger partial charge >= 0.3 is 0 Å². The molecule has 1 unspecified atom stereocenters. The van der Waals surface area contributed by atoms with Crippen LogP contribution >= 0.6 is 0 Å². The van der Waals surface area contributed by atoms with Crippen LogP contribution in [0.15, 0.2) is 48.5 Å². The number of hydrogen-bond donors (Lipinski definition) is 1. The summed E-state index contributed by atoms with van der Waals surface area (Å²) in [6, 6.07) is 16.6. The molecule has 0 radical (unpaired) electrons. The standard InChI is InChI=1S/C18H21NO2/c1-20-13-14-5-4-7-16(11-14)21-17-10-9-15-6-2-3-8-18(15)19-12-17/h2-8,11,17,19H,9-10,12-13H2,1H3. The van der Waals surface area contributed by atoms with E-state index in [1.807, 2.05) is 12.1 Å². The normalized spacial score (nSPS) is 17.5. The van der Waals surface area contributed by atoms with Gasteiger partial charge in [-0.1, -0.05) is 30.3 Å². The SMILES string of the molecule is COCc1cccc(OC2CCc3ccccc3NC2)c1. The van der Waals surface area contributed by atoms with Gasteiger partial charge in [0, 0.05) is 12.8 Å². The van der Waals surface area contributed by atoms with E-state index in [-0.39, 0.29) is 6.10 Å². The van der Waals surface area contributed by atoms with E-state index in [9.17, 15) is 0 Å². The van der Waals surface area contributed by atoms with E-state index in [0.717, 1.165) is 30.7 Å². The van der Waals surface area contributed by atoms with Gasteiger partial charge in [-0.25, -0.2) is 0 Å². The van der Waals surface area contributed by atoms with Gasteiger partial charge < -0.3 is 14.8 Å². The fourth-order valence-corrected chi connectivity index (χ4v) is 2.72. The summed E-state index contributed by atoms with van der Waals surface area (Å²) >= 11 is 0. The summed E-state index contributed by atoms with van der Waals surface area (Å²) in [6.45, 7) is 1.46. The van der Waals surface area contributed by atoms with Crippen molar-refractivity contribution in [3.8, 4) is 5.75 Å². The zero-order chi connectivity index (χ0) is 14.5. The predicted molar refractivity (Wildman–Crippen MR) is 84.8 cm³/mol. The Morgan fingerprint density at radius 2 is 2.05 bits per heavy atom. The topological polar surface area (TPSA) is 30.5 Å². The Balaban J connectivity index is 1.65.